The molecule has 12 heteroatoms. The highest BCUT2D eigenvalue weighted by Crippen LogP contribution is 2.22. The van der Waals surface area contributed by atoms with Gasteiger partial charge in [-0.25, -0.2) is 0 Å². The van der Waals surface area contributed by atoms with E-state index in [0.29, 0.717) is 0 Å². The van der Waals surface area contributed by atoms with Gasteiger partial charge in [-0.3, -0.25) is 12.5 Å². The molecular weight excluding hydrogens is 324 g/mol. The summed E-state index contributed by atoms with van der Waals surface area (Å²) in [4.78, 5) is 0. The van der Waals surface area contributed by atoms with Gasteiger partial charge in [-0.15, -0.1) is 0 Å². The average Bonchev–Trinajstić information content (AvgIpc) is 2.14. The van der Waals surface area contributed by atoms with Crippen molar-refractivity contribution in [3.63, 3.8) is 0 Å². The van der Waals surface area contributed by atoms with Crippen LogP contribution in [0.15, 0.2) is 0 Å². The lowest BCUT2D eigenvalue weighted by molar-refractivity contribution is 0.313. The molecule has 0 saturated carbocycles. The molecule has 0 rings (SSSR count). The van der Waals surface area contributed by atoms with Crippen molar-refractivity contribution in [1.82, 2.24) is 0 Å². The number of hydrogen-bond donors (Lipinski definition) is 0. The maximum absolute atomic E-state index is 11.6. The summed E-state index contributed by atoms with van der Waals surface area (Å²) in [6.07, 6.45) is 0. The van der Waals surface area contributed by atoms with Gasteiger partial charge in [-0.1, -0.05) is 0 Å². The number of rotatable bonds is 9. The molecule has 0 unspecified atom stereocenters. The molecule has 0 saturated heterocycles. The molecular formula is C7H16O9S3. The van der Waals surface area contributed by atoms with Crippen LogP contribution < -0.4 is 0 Å². The minimum Gasteiger partial charge on any atom is -0.268 e. The Hall–Kier alpha value is -0.270. The van der Waals surface area contributed by atoms with Crippen molar-refractivity contribution in [2.75, 3.05) is 19.8 Å². The van der Waals surface area contributed by atoms with Crippen LogP contribution in [0.1, 0.15) is 20.8 Å². The Balaban J connectivity index is 5.94. The molecule has 116 valence electrons. The van der Waals surface area contributed by atoms with Gasteiger partial charge in [0.15, 0.2) is 0 Å². The van der Waals surface area contributed by atoms with Gasteiger partial charge in [0.25, 0.3) is 0 Å². The van der Waals surface area contributed by atoms with E-state index in [4.69, 9.17) is 0 Å². The molecule has 0 aliphatic heterocycles. The first-order valence-corrected chi connectivity index (χ1v) is 9.61. The van der Waals surface area contributed by atoms with E-state index in [2.05, 4.69) is 12.5 Å². The van der Waals surface area contributed by atoms with Crippen molar-refractivity contribution in [3.05, 3.63) is 0 Å². The maximum Gasteiger partial charge on any atom is 0.336 e. The van der Waals surface area contributed by atoms with Crippen molar-refractivity contribution in [1.29, 1.82) is 0 Å². The Morgan fingerprint density at radius 1 is 0.632 bits per heavy atom. The third-order valence-corrected chi connectivity index (χ3v) is 8.90. The van der Waals surface area contributed by atoms with Gasteiger partial charge in [-0.2, -0.15) is 25.3 Å². The van der Waals surface area contributed by atoms with E-state index in [9.17, 15) is 25.3 Å². The molecule has 19 heavy (non-hydrogen) atoms. The SMILES string of the molecule is CCOS(=O)(=O)C(S(=O)(=O)OCC)S(=O)(=O)OCC. The third kappa shape index (κ3) is 4.96. The van der Waals surface area contributed by atoms with E-state index in [1.807, 2.05) is 0 Å². The summed E-state index contributed by atoms with van der Waals surface area (Å²) in [7, 11) is -14.9. The monoisotopic (exact) mass is 340 g/mol. The molecule has 0 fully saturated rings. The van der Waals surface area contributed by atoms with Gasteiger partial charge < -0.3 is 0 Å². The first-order valence-electron chi connectivity index (χ1n) is 5.19. The normalized spacial score (nSPS) is 13.9. The Labute approximate surface area is 113 Å². The van der Waals surface area contributed by atoms with Crippen molar-refractivity contribution in [3.8, 4) is 0 Å². The van der Waals surface area contributed by atoms with Crippen LogP contribution in [0.4, 0.5) is 0 Å². The Morgan fingerprint density at radius 2 is 0.842 bits per heavy atom. The molecule has 0 radical (unpaired) electrons. The molecule has 0 aliphatic rings. The summed E-state index contributed by atoms with van der Waals surface area (Å²) in [5.74, 6) is 0. The van der Waals surface area contributed by atoms with Crippen molar-refractivity contribution < 1.29 is 37.8 Å². The summed E-state index contributed by atoms with van der Waals surface area (Å²) in [5, 5.41) is 0. The van der Waals surface area contributed by atoms with Gasteiger partial charge in [-0.05, 0) is 20.8 Å². The van der Waals surface area contributed by atoms with Crippen molar-refractivity contribution in [2.45, 2.75) is 24.7 Å². The number of hydrogen-bond acceptors (Lipinski definition) is 9. The van der Waals surface area contributed by atoms with Gasteiger partial charge >= 0.3 is 34.3 Å². The van der Waals surface area contributed by atoms with Crippen LogP contribution in [0.3, 0.4) is 0 Å². The molecule has 0 amide bonds. The van der Waals surface area contributed by atoms with Gasteiger partial charge in [0.2, 0.25) is 0 Å². The highest BCUT2D eigenvalue weighted by molar-refractivity contribution is 8.20. The largest absolute Gasteiger partial charge is 0.336 e. The zero-order valence-corrected chi connectivity index (χ0v) is 13.0. The predicted octanol–water partition coefficient (Wildman–Crippen LogP) is -0.631. The second-order valence-corrected chi connectivity index (χ2v) is 8.96. The fraction of sp³-hybridized carbons (Fsp3) is 1.00. The first kappa shape index (κ1) is 18.7. The summed E-state index contributed by atoms with van der Waals surface area (Å²) in [6.45, 7) is 2.49. The average molecular weight is 340 g/mol. The molecule has 0 aromatic heterocycles. The van der Waals surface area contributed by atoms with Crippen LogP contribution in [0.25, 0.3) is 0 Å². The Kier molecular flexibility index (Phi) is 6.85. The van der Waals surface area contributed by atoms with Crippen molar-refractivity contribution >= 4 is 30.4 Å². The fourth-order valence-electron chi connectivity index (χ4n) is 1.09. The highest BCUT2D eigenvalue weighted by atomic mass is 32.3. The quantitative estimate of drug-likeness (QED) is 0.503. The summed E-state index contributed by atoms with van der Waals surface area (Å²) in [6, 6.07) is 0. The van der Waals surface area contributed by atoms with Crippen LogP contribution in [-0.2, 0) is 42.9 Å². The maximum atomic E-state index is 11.6. The topological polar surface area (TPSA) is 130 Å². The van der Waals surface area contributed by atoms with Crippen molar-refractivity contribution in [2.24, 2.45) is 0 Å². The van der Waals surface area contributed by atoms with Crippen LogP contribution in [-0.4, -0.2) is 49.0 Å². The lowest BCUT2D eigenvalue weighted by Gasteiger charge is -2.16. The molecule has 0 heterocycles. The fourth-order valence-corrected chi connectivity index (χ4v) is 6.88. The smallest absolute Gasteiger partial charge is 0.268 e. The Bertz CT molecular complexity index is 486. The Morgan fingerprint density at radius 3 is 1.00 bits per heavy atom. The minimum atomic E-state index is -4.96. The molecule has 0 aromatic rings. The molecule has 0 aliphatic carbocycles. The van der Waals surface area contributed by atoms with Crippen LogP contribution in [0, 0.1) is 0 Å². The lowest BCUT2D eigenvalue weighted by atomic mass is 10.9. The molecule has 9 nitrogen and oxygen atoms in total. The molecule has 0 atom stereocenters. The van der Waals surface area contributed by atoms with E-state index >= 15 is 0 Å². The lowest BCUT2D eigenvalue weighted by Crippen LogP contribution is -2.41. The summed E-state index contributed by atoms with van der Waals surface area (Å²) < 4.78 is 79.5. The predicted molar refractivity (Wildman–Crippen MR) is 65.4 cm³/mol. The summed E-state index contributed by atoms with van der Waals surface area (Å²) >= 11 is 0. The van der Waals surface area contributed by atoms with Gasteiger partial charge in [0, 0.05) is 0 Å². The van der Waals surface area contributed by atoms with E-state index in [-0.39, 0.29) is 0 Å². The minimum absolute atomic E-state index is 0.428. The van der Waals surface area contributed by atoms with Crippen LogP contribution >= 0.6 is 0 Å². The van der Waals surface area contributed by atoms with E-state index in [0.717, 1.165) is 0 Å². The molecule has 0 N–H and O–H groups in total. The summed E-state index contributed by atoms with van der Waals surface area (Å²) in [5.41, 5.74) is 0. The van der Waals surface area contributed by atoms with Gasteiger partial charge in [0.05, 0.1) is 19.8 Å². The van der Waals surface area contributed by atoms with Gasteiger partial charge in [0.1, 0.15) is 0 Å². The highest BCUT2D eigenvalue weighted by Gasteiger charge is 2.51. The zero-order chi connectivity index (χ0) is 15.3. The molecule has 0 bridgehead atoms. The third-order valence-electron chi connectivity index (χ3n) is 1.55. The standard InChI is InChI=1S/C7H16O9S3/c1-4-14-17(8,9)7(18(10,11)15-5-2)19(12,13)16-6-3/h7H,4-6H2,1-3H3. The second-order valence-electron chi connectivity index (χ2n) is 2.99. The van der Waals surface area contributed by atoms with Crippen LogP contribution in [0.5, 0.6) is 0 Å². The van der Waals surface area contributed by atoms with E-state index < -0.39 is 54.1 Å². The molecule has 0 spiro atoms. The van der Waals surface area contributed by atoms with E-state index in [1.165, 1.54) is 20.8 Å². The second kappa shape index (κ2) is 6.95. The first-order chi connectivity index (χ1) is 8.55. The zero-order valence-electron chi connectivity index (χ0n) is 10.6. The van der Waals surface area contributed by atoms with E-state index in [1.54, 1.807) is 0 Å². The molecule has 0 aromatic carbocycles. The van der Waals surface area contributed by atoms with Crippen LogP contribution in [0.2, 0.25) is 0 Å².